The number of nitrogens with one attached hydrogen (secondary N) is 1. The summed E-state index contributed by atoms with van der Waals surface area (Å²) in [4.78, 5) is 43.5. The Morgan fingerprint density at radius 3 is 2.58 bits per heavy atom. The van der Waals surface area contributed by atoms with Gasteiger partial charge >= 0.3 is 0 Å². The smallest absolute Gasteiger partial charge is 0.263 e. The van der Waals surface area contributed by atoms with Gasteiger partial charge in [0.1, 0.15) is 28.5 Å². The standard InChI is InChI=1S/C31H30N10OS/c1-39-11-7-21(8-12-39)20-3-5-24(6-4-20)37-31-35-17-22-15-25(28-33-9-13-40(28)2)30(42)41(27(22)38-31)18-23-16-32-19-36-26(23)29-34-10-14-43-29/h3-6,9-10,13-17,19,21H,7-8,11-12,18H2,1-2H3,(H,35,37,38). The van der Waals surface area contributed by atoms with Crippen LogP contribution in [0.1, 0.15) is 29.9 Å². The van der Waals surface area contributed by atoms with Gasteiger partial charge in [-0.2, -0.15) is 4.98 Å². The van der Waals surface area contributed by atoms with E-state index in [0.717, 1.165) is 29.3 Å². The number of aryl methyl sites for hydroxylation is 1. The zero-order chi connectivity index (χ0) is 29.3. The second kappa shape index (κ2) is 11.5. The number of pyridine rings is 1. The summed E-state index contributed by atoms with van der Waals surface area (Å²) in [5.41, 5.74) is 4.42. The fraction of sp³-hybridized carbons (Fsp3) is 0.258. The Balaban J connectivity index is 1.27. The van der Waals surface area contributed by atoms with Gasteiger partial charge in [-0.15, -0.1) is 11.3 Å². The molecule has 0 aliphatic carbocycles. The predicted octanol–water partition coefficient (Wildman–Crippen LogP) is 4.71. The molecule has 5 aromatic heterocycles. The predicted molar refractivity (Wildman–Crippen MR) is 167 cm³/mol. The molecule has 12 heteroatoms. The van der Waals surface area contributed by atoms with Crippen LogP contribution in [0.3, 0.4) is 0 Å². The Labute approximate surface area is 252 Å². The van der Waals surface area contributed by atoms with Crippen LogP contribution in [-0.2, 0) is 13.6 Å². The molecule has 1 aliphatic heterocycles. The molecular formula is C31H30N10OS. The lowest BCUT2D eigenvalue weighted by molar-refractivity contribution is 0.255. The molecule has 0 bridgehead atoms. The second-order valence-corrected chi connectivity index (χ2v) is 11.7. The second-order valence-electron chi connectivity index (χ2n) is 10.8. The number of piperidine rings is 1. The van der Waals surface area contributed by atoms with E-state index in [1.807, 2.05) is 23.2 Å². The van der Waals surface area contributed by atoms with Gasteiger partial charge < -0.3 is 14.8 Å². The first-order valence-electron chi connectivity index (χ1n) is 14.2. The Kier molecular flexibility index (Phi) is 7.21. The van der Waals surface area contributed by atoms with Crippen molar-refractivity contribution in [2.75, 3.05) is 25.5 Å². The lowest BCUT2D eigenvalue weighted by Gasteiger charge is -2.29. The van der Waals surface area contributed by atoms with E-state index in [1.165, 1.54) is 36.1 Å². The Hall–Kier alpha value is -4.81. The molecule has 0 atom stereocenters. The molecule has 11 nitrogen and oxygen atoms in total. The molecule has 0 unspecified atom stereocenters. The van der Waals surface area contributed by atoms with Crippen LogP contribution in [0.15, 0.2) is 77.8 Å². The maximum atomic E-state index is 14.1. The number of thiazole rings is 1. The van der Waals surface area contributed by atoms with Gasteiger partial charge in [0.25, 0.3) is 5.56 Å². The highest BCUT2D eigenvalue weighted by atomic mass is 32.1. The van der Waals surface area contributed by atoms with Crippen molar-refractivity contribution >= 4 is 34.0 Å². The third-order valence-corrected chi connectivity index (χ3v) is 8.78. The van der Waals surface area contributed by atoms with Crippen molar-refractivity contribution < 1.29 is 0 Å². The molecule has 216 valence electrons. The van der Waals surface area contributed by atoms with Crippen molar-refractivity contribution in [1.82, 2.24) is 43.9 Å². The molecule has 0 amide bonds. The fourth-order valence-electron chi connectivity index (χ4n) is 5.64. The van der Waals surface area contributed by atoms with Crippen LogP contribution in [0.25, 0.3) is 33.1 Å². The summed E-state index contributed by atoms with van der Waals surface area (Å²) in [6, 6.07) is 10.3. The number of nitrogens with zero attached hydrogens (tertiary/aromatic N) is 9. The van der Waals surface area contributed by atoms with Crippen LogP contribution in [0, 0.1) is 0 Å². The molecule has 7 rings (SSSR count). The van der Waals surface area contributed by atoms with E-state index in [0.29, 0.717) is 40.0 Å². The van der Waals surface area contributed by atoms with E-state index in [9.17, 15) is 4.79 Å². The van der Waals surface area contributed by atoms with Gasteiger partial charge in [0, 0.05) is 60.0 Å². The zero-order valence-corrected chi connectivity index (χ0v) is 24.7. The SMILES string of the molecule is CN1CCC(c2ccc(Nc3ncc4cc(-c5nccn5C)c(=O)n(Cc5cncnc5-c5nccs5)c4n3)cc2)CC1. The highest BCUT2D eigenvalue weighted by Gasteiger charge is 2.20. The van der Waals surface area contributed by atoms with Gasteiger partial charge in [-0.25, -0.2) is 24.9 Å². The molecule has 0 spiro atoms. The number of fused-ring (bicyclic) bond motifs is 1. The van der Waals surface area contributed by atoms with E-state index in [4.69, 9.17) is 4.98 Å². The Bertz CT molecular complexity index is 1940. The lowest BCUT2D eigenvalue weighted by atomic mass is 9.89. The van der Waals surface area contributed by atoms with Crippen LogP contribution in [0.5, 0.6) is 0 Å². The number of anilines is 2. The largest absolute Gasteiger partial charge is 0.334 e. The van der Waals surface area contributed by atoms with Crippen LogP contribution in [0.4, 0.5) is 11.6 Å². The number of imidazole rings is 1. The maximum absolute atomic E-state index is 14.1. The summed E-state index contributed by atoms with van der Waals surface area (Å²) in [5.74, 6) is 1.56. The fourth-order valence-corrected chi connectivity index (χ4v) is 6.31. The van der Waals surface area contributed by atoms with Gasteiger partial charge in [0.15, 0.2) is 0 Å². The lowest BCUT2D eigenvalue weighted by Crippen LogP contribution is -2.29. The summed E-state index contributed by atoms with van der Waals surface area (Å²) in [7, 11) is 4.04. The zero-order valence-electron chi connectivity index (χ0n) is 23.9. The normalized spacial score (nSPS) is 14.4. The van der Waals surface area contributed by atoms with Crippen molar-refractivity contribution in [3.63, 3.8) is 0 Å². The highest BCUT2D eigenvalue weighted by Crippen LogP contribution is 2.29. The molecule has 1 N–H and O–H groups in total. The maximum Gasteiger partial charge on any atom is 0.263 e. The summed E-state index contributed by atoms with van der Waals surface area (Å²) < 4.78 is 3.47. The first-order valence-corrected chi connectivity index (χ1v) is 15.0. The number of hydrogen-bond acceptors (Lipinski definition) is 10. The Morgan fingerprint density at radius 1 is 1.00 bits per heavy atom. The minimum Gasteiger partial charge on any atom is -0.334 e. The summed E-state index contributed by atoms with van der Waals surface area (Å²) in [6.45, 7) is 2.45. The molecule has 0 saturated carbocycles. The number of benzene rings is 1. The van der Waals surface area contributed by atoms with Crippen molar-refractivity contribution in [2.45, 2.75) is 25.3 Å². The van der Waals surface area contributed by atoms with Gasteiger partial charge in [-0.1, -0.05) is 12.1 Å². The summed E-state index contributed by atoms with van der Waals surface area (Å²) in [5, 5.41) is 6.71. The number of hydrogen-bond donors (Lipinski definition) is 1. The molecule has 1 aliphatic rings. The van der Waals surface area contributed by atoms with E-state index in [1.54, 1.807) is 35.4 Å². The molecule has 1 fully saturated rings. The molecule has 6 aromatic rings. The summed E-state index contributed by atoms with van der Waals surface area (Å²) in [6.07, 6.45) is 12.5. The minimum absolute atomic E-state index is 0.199. The number of likely N-dealkylation sites (tertiary alicyclic amines) is 1. The molecular weight excluding hydrogens is 560 g/mol. The van der Waals surface area contributed by atoms with E-state index < -0.39 is 0 Å². The van der Waals surface area contributed by atoms with Crippen molar-refractivity contribution in [1.29, 1.82) is 0 Å². The first kappa shape index (κ1) is 27.0. The van der Waals surface area contributed by atoms with Crippen LogP contribution in [-0.4, -0.2) is 64.1 Å². The minimum atomic E-state index is -0.220. The van der Waals surface area contributed by atoms with Crippen molar-refractivity contribution in [3.05, 3.63) is 94.5 Å². The quantitative estimate of drug-likeness (QED) is 0.282. The highest BCUT2D eigenvalue weighted by molar-refractivity contribution is 7.13. The van der Waals surface area contributed by atoms with Crippen molar-refractivity contribution in [2.24, 2.45) is 7.05 Å². The number of aromatic nitrogens is 8. The number of rotatable bonds is 7. The monoisotopic (exact) mass is 590 g/mol. The summed E-state index contributed by atoms with van der Waals surface area (Å²) >= 11 is 1.49. The van der Waals surface area contributed by atoms with E-state index >= 15 is 0 Å². The Morgan fingerprint density at radius 2 is 1.84 bits per heavy atom. The first-order chi connectivity index (χ1) is 21.0. The van der Waals surface area contributed by atoms with Gasteiger partial charge in [0.2, 0.25) is 5.95 Å². The van der Waals surface area contributed by atoms with Crippen LogP contribution < -0.4 is 10.9 Å². The topological polar surface area (TPSA) is 120 Å². The molecule has 1 aromatic carbocycles. The van der Waals surface area contributed by atoms with Crippen LogP contribution in [0.2, 0.25) is 0 Å². The van der Waals surface area contributed by atoms with Crippen molar-refractivity contribution in [3.8, 4) is 22.1 Å². The van der Waals surface area contributed by atoms with Crippen LogP contribution >= 0.6 is 11.3 Å². The average molecular weight is 591 g/mol. The van der Waals surface area contributed by atoms with E-state index in [2.05, 4.69) is 66.4 Å². The third kappa shape index (κ3) is 5.42. The van der Waals surface area contributed by atoms with Gasteiger partial charge in [0.05, 0.1) is 12.1 Å². The van der Waals surface area contributed by atoms with Gasteiger partial charge in [-0.05, 0) is 62.7 Å². The molecule has 0 radical (unpaired) electrons. The molecule has 6 heterocycles. The third-order valence-electron chi connectivity index (χ3n) is 8.00. The molecule has 1 saturated heterocycles. The molecule has 43 heavy (non-hydrogen) atoms. The van der Waals surface area contributed by atoms with E-state index in [-0.39, 0.29) is 12.1 Å². The van der Waals surface area contributed by atoms with Gasteiger partial charge in [-0.3, -0.25) is 9.36 Å². The average Bonchev–Trinajstić information content (AvgIpc) is 3.72.